The van der Waals surface area contributed by atoms with Gasteiger partial charge in [0.15, 0.2) is 0 Å². The number of benzene rings is 4. The summed E-state index contributed by atoms with van der Waals surface area (Å²) in [5.41, 5.74) is 3.06. The number of aliphatic hydroxyl groups is 4. The highest BCUT2D eigenvalue weighted by atomic mass is 16.5. The van der Waals surface area contributed by atoms with E-state index in [-0.39, 0.29) is 26.1 Å². The summed E-state index contributed by atoms with van der Waals surface area (Å²) in [5.74, 6) is 1.61. The predicted octanol–water partition coefficient (Wildman–Crippen LogP) is 5.14. The maximum Gasteiger partial charge on any atom is 0.144 e. The molecule has 0 radical (unpaired) electrons. The molecule has 0 saturated heterocycles. The lowest BCUT2D eigenvalue weighted by atomic mass is 9.95. The molecule has 4 aromatic rings. The van der Waals surface area contributed by atoms with Crippen LogP contribution < -0.4 is 20.1 Å². The Morgan fingerprint density at radius 1 is 0.543 bits per heavy atom. The molecule has 0 bridgehead atoms. The average Bonchev–Trinajstić information content (AvgIpc) is 3.07. The van der Waals surface area contributed by atoms with Gasteiger partial charge in [-0.2, -0.15) is 0 Å². The SMILES string of the molecule is Cc1c(OCCCNC(O)(CCO)c2ccccc2)cccc1-c1cccc(OCCCNC(O)(CCO)c2ccccc2)c1C. The number of ether oxygens (including phenoxy) is 2. The Kier molecular flexibility index (Phi) is 13.2. The third-order valence-corrected chi connectivity index (χ3v) is 8.30. The molecule has 0 saturated carbocycles. The highest BCUT2D eigenvalue weighted by molar-refractivity contribution is 5.74. The largest absolute Gasteiger partial charge is 0.493 e. The minimum absolute atomic E-state index is 0.131. The Morgan fingerprint density at radius 3 is 1.30 bits per heavy atom. The molecule has 8 heteroatoms. The lowest BCUT2D eigenvalue weighted by molar-refractivity contribution is -0.0223. The van der Waals surface area contributed by atoms with E-state index >= 15 is 0 Å². The average molecular weight is 629 g/mol. The third kappa shape index (κ3) is 9.16. The molecule has 2 unspecified atom stereocenters. The molecule has 0 spiro atoms. The molecule has 0 aliphatic heterocycles. The van der Waals surface area contributed by atoms with Gasteiger partial charge in [-0.1, -0.05) is 84.9 Å². The molecule has 0 aromatic heterocycles. The van der Waals surface area contributed by atoms with Crippen LogP contribution in [0.4, 0.5) is 0 Å². The number of hydrogen-bond acceptors (Lipinski definition) is 8. The Hall–Kier alpha value is -3.76. The molecular weight excluding hydrogens is 580 g/mol. The van der Waals surface area contributed by atoms with Crippen LogP contribution in [0.2, 0.25) is 0 Å². The quantitative estimate of drug-likeness (QED) is 0.0623. The van der Waals surface area contributed by atoms with Crippen molar-refractivity contribution in [1.29, 1.82) is 0 Å². The van der Waals surface area contributed by atoms with Crippen LogP contribution in [0.3, 0.4) is 0 Å². The van der Waals surface area contributed by atoms with E-state index in [1.54, 1.807) is 0 Å². The van der Waals surface area contributed by atoms with Gasteiger partial charge < -0.3 is 29.9 Å². The summed E-state index contributed by atoms with van der Waals surface area (Å²) in [7, 11) is 0. The van der Waals surface area contributed by atoms with Crippen LogP contribution in [-0.4, -0.2) is 59.9 Å². The molecule has 0 heterocycles. The molecular formula is C38H48N2O6. The van der Waals surface area contributed by atoms with E-state index in [1.807, 2.05) is 84.9 Å². The topological polar surface area (TPSA) is 123 Å². The number of hydrogen-bond donors (Lipinski definition) is 6. The lowest BCUT2D eigenvalue weighted by Crippen LogP contribution is -2.43. The number of rotatable bonds is 19. The van der Waals surface area contributed by atoms with Gasteiger partial charge in [-0.25, -0.2) is 0 Å². The molecule has 4 aromatic carbocycles. The zero-order valence-electron chi connectivity index (χ0n) is 26.9. The van der Waals surface area contributed by atoms with Crippen LogP contribution in [0.15, 0.2) is 97.1 Å². The van der Waals surface area contributed by atoms with Gasteiger partial charge in [-0.15, -0.1) is 0 Å². The summed E-state index contributed by atoms with van der Waals surface area (Å²) in [6.45, 7) is 5.82. The Labute approximate surface area is 272 Å². The van der Waals surface area contributed by atoms with Crippen LogP contribution in [0.1, 0.15) is 47.9 Å². The molecule has 246 valence electrons. The Bertz CT molecular complexity index is 1370. The van der Waals surface area contributed by atoms with Crippen molar-refractivity contribution in [2.24, 2.45) is 0 Å². The summed E-state index contributed by atoms with van der Waals surface area (Å²) >= 11 is 0. The molecule has 2 atom stereocenters. The van der Waals surface area contributed by atoms with Crippen LogP contribution in [0.25, 0.3) is 11.1 Å². The van der Waals surface area contributed by atoms with Gasteiger partial charge in [0.1, 0.15) is 22.9 Å². The molecule has 46 heavy (non-hydrogen) atoms. The maximum absolute atomic E-state index is 11.1. The van der Waals surface area contributed by atoms with E-state index in [2.05, 4.69) is 36.6 Å². The lowest BCUT2D eigenvalue weighted by Gasteiger charge is -2.29. The minimum atomic E-state index is -1.29. The van der Waals surface area contributed by atoms with Crippen LogP contribution in [0, 0.1) is 13.8 Å². The molecule has 0 aliphatic rings. The van der Waals surface area contributed by atoms with Crippen molar-refractivity contribution in [2.75, 3.05) is 39.5 Å². The summed E-state index contributed by atoms with van der Waals surface area (Å²) in [5, 5.41) is 47.5. The first kappa shape index (κ1) is 35.1. The molecule has 0 aliphatic carbocycles. The number of aliphatic hydroxyl groups excluding tert-OH is 2. The normalized spacial score (nSPS) is 14.0. The van der Waals surface area contributed by atoms with E-state index in [0.717, 1.165) is 44.9 Å². The Morgan fingerprint density at radius 2 is 0.935 bits per heavy atom. The van der Waals surface area contributed by atoms with E-state index in [0.29, 0.717) is 39.1 Å². The van der Waals surface area contributed by atoms with Gasteiger partial charge in [0.2, 0.25) is 0 Å². The van der Waals surface area contributed by atoms with Crippen molar-refractivity contribution in [2.45, 2.75) is 51.0 Å². The summed E-state index contributed by atoms with van der Waals surface area (Å²) in [6.07, 6.45) is 1.73. The van der Waals surface area contributed by atoms with E-state index in [9.17, 15) is 20.4 Å². The molecule has 0 amide bonds. The second kappa shape index (κ2) is 17.2. The van der Waals surface area contributed by atoms with Crippen molar-refractivity contribution < 1.29 is 29.9 Å². The first-order chi connectivity index (χ1) is 22.3. The molecule has 0 fully saturated rings. The van der Waals surface area contributed by atoms with Crippen molar-refractivity contribution in [3.05, 3.63) is 119 Å². The van der Waals surface area contributed by atoms with Gasteiger partial charge >= 0.3 is 0 Å². The highest BCUT2D eigenvalue weighted by Crippen LogP contribution is 2.35. The standard InChI is InChI=1S/C38H48N2O6/c1-29-33(17-9-19-35(29)45-27-11-23-39-37(43,21-25-41)31-13-5-3-6-14-31)34-18-10-20-36(30(34)2)46-28-12-24-40-38(44,22-26-42)32-15-7-4-8-16-32/h3-10,13-20,39-44H,11-12,21-28H2,1-2H3. The second-order valence-electron chi connectivity index (χ2n) is 11.5. The molecule has 4 rings (SSSR count). The van der Waals surface area contributed by atoms with Crippen molar-refractivity contribution >= 4 is 0 Å². The summed E-state index contributed by atoms with van der Waals surface area (Å²) < 4.78 is 12.3. The molecule has 8 nitrogen and oxygen atoms in total. The van der Waals surface area contributed by atoms with Crippen LogP contribution >= 0.6 is 0 Å². The zero-order chi connectivity index (χ0) is 32.8. The zero-order valence-corrected chi connectivity index (χ0v) is 26.9. The van der Waals surface area contributed by atoms with Gasteiger partial charge in [-0.05, 0) is 72.2 Å². The van der Waals surface area contributed by atoms with E-state index in [1.165, 1.54) is 0 Å². The van der Waals surface area contributed by atoms with E-state index in [4.69, 9.17) is 9.47 Å². The fourth-order valence-corrected chi connectivity index (χ4v) is 5.65. The van der Waals surface area contributed by atoms with Crippen molar-refractivity contribution in [3.63, 3.8) is 0 Å². The van der Waals surface area contributed by atoms with Gasteiger partial charge in [0, 0.05) is 39.1 Å². The first-order valence-corrected chi connectivity index (χ1v) is 16.0. The second-order valence-corrected chi connectivity index (χ2v) is 11.5. The van der Waals surface area contributed by atoms with E-state index < -0.39 is 11.4 Å². The van der Waals surface area contributed by atoms with Crippen molar-refractivity contribution in [1.82, 2.24) is 10.6 Å². The fourth-order valence-electron chi connectivity index (χ4n) is 5.65. The summed E-state index contributed by atoms with van der Waals surface area (Å²) in [6, 6.07) is 30.7. The van der Waals surface area contributed by atoms with Gasteiger partial charge in [-0.3, -0.25) is 10.6 Å². The fraction of sp³-hybridized carbons (Fsp3) is 0.368. The number of nitrogens with one attached hydrogen (secondary N) is 2. The van der Waals surface area contributed by atoms with Crippen molar-refractivity contribution in [3.8, 4) is 22.6 Å². The van der Waals surface area contributed by atoms with Crippen LogP contribution in [0.5, 0.6) is 11.5 Å². The predicted molar refractivity (Wildman–Crippen MR) is 182 cm³/mol. The van der Waals surface area contributed by atoms with Gasteiger partial charge in [0.25, 0.3) is 0 Å². The smallest absolute Gasteiger partial charge is 0.144 e. The van der Waals surface area contributed by atoms with Gasteiger partial charge in [0.05, 0.1) is 13.2 Å². The Balaban J connectivity index is 1.31. The maximum atomic E-state index is 11.1. The highest BCUT2D eigenvalue weighted by Gasteiger charge is 2.28. The van der Waals surface area contributed by atoms with Crippen LogP contribution in [-0.2, 0) is 11.4 Å². The summed E-state index contributed by atoms with van der Waals surface area (Å²) in [4.78, 5) is 0. The third-order valence-electron chi connectivity index (χ3n) is 8.30. The monoisotopic (exact) mass is 628 g/mol. The first-order valence-electron chi connectivity index (χ1n) is 16.0. The minimum Gasteiger partial charge on any atom is -0.493 e. The molecule has 6 N–H and O–H groups in total.